The summed E-state index contributed by atoms with van der Waals surface area (Å²) in [7, 11) is 0. The fourth-order valence-electron chi connectivity index (χ4n) is 2.01. The minimum absolute atomic E-state index is 0.157. The van der Waals surface area contributed by atoms with Crippen LogP contribution in [0.15, 0.2) is 27.4 Å². The summed E-state index contributed by atoms with van der Waals surface area (Å²) in [5, 5.41) is 0. The first-order valence-corrected chi connectivity index (χ1v) is 5.65. The van der Waals surface area contributed by atoms with Gasteiger partial charge in [-0.05, 0) is 12.1 Å². The average Bonchev–Trinajstić information content (AvgIpc) is 2.89. The van der Waals surface area contributed by atoms with E-state index < -0.39 is 0 Å². The van der Waals surface area contributed by atoms with E-state index in [1.165, 1.54) is 0 Å². The Morgan fingerprint density at radius 1 is 1.33 bits per heavy atom. The Morgan fingerprint density at radius 3 is 2.89 bits per heavy atom. The topological polar surface area (TPSA) is 101 Å². The van der Waals surface area contributed by atoms with Gasteiger partial charge in [-0.1, -0.05) is 13.0 Å². The van der Waals surface area contributed by atoms with Gasteiger partial charge in [0.05, 0.1) is 11.0 Å². The normalized spacial score (nSPS) is 11.2. The number of rotatable bonds is 2. The number of nitrogens with two attached hydrogens (primary N) is 1. The Morgan fingerprint density at radius 2 is 2.11 bits per heavy atom. The zero-order valence-electron chi connectivity index (χ0n) is 9.78. The number of hydrogen-bond acceptors (Lipinski definition) is 4. The molecule has 0 saturated carbocycles. The number of nitrogens with one attached hydrogen (secondary N) is 2. The molecule has 3 aromatic rings. The summed E-state index contributed by atoms with van der Waals surface area (Å²) < 4.78 is 5.32. The maximum Gasteiger partial charge on any atom is 0.323 e. The second kappa shape index (κ2) is 3.76. The summed E-state index contributed by atoms with van der Waals surface area (Å²) in [5.41, 5.74) is 8.43. The molecule has 0 amide bonds. The molecule has 6 nitrogen and oxygen atoms in total. The maximum atomic E-state index is 11.2. The van der Waals surface area contributed by atoms with Crippen LogP contribution in [0.3, 0.4) is 0 Å². The number of H-pyrrole nitrogens is 2. The van der Waals surface area contributed by atoms with Crippen LogP contribution in [0.5, 0.6) is 0 Å². The van der Waals surface area contributed by atoms with E-state index in [-0.39, 0.29) is 11.7 Å². The molecule has 1 aromatic carbocycles. The Labute approximate surface area is 102 Å². The van der Waals surface area contributed by atoms with Crippen molar-refractivity contribution in [3.8, 4) is 11.3 Å². The van der Waals surface area contributed by atoms with Crippen LogP contribution in [0.1, 0.15) is 12.7 Å². The van der Waals surface area contributed by atoms with Crippen molar-refractivity contribution < 1.29 is 4.42 Å². The van der Waals surface area contributed by atoms with Gasteiger partial charge in [-0.15, -0.1) is 0 Å². The minimum atomic E-state index is -0.225. The Hall–Kier alpha value is -2.50. The number of anilines is 1. The maximum absolute atomic E-state index is 11.2. The van der Waals surface area contributed by atoms with Crippen molar-refractivity contribution in [2.24, 2.45) is 0 Å². The lowest BCUT2D eigenvalue weighted by molar-refractivity contribution is 0.530. The van der Waals surface area contributed by atoms with E-state index in [1.807, 2.05) is 25.1 Å². The van der Waals surface area contributed by atoms with Crippen molar-refractivity contribution in [2.75, 3.05) is 5.73 Å². The fourth-order valence-corrected chi connectivity index (χ4v) is 2.01. The third kappa shape index (κ3) is 1.58. The van der Waals surface area contributed by atoms with Crippen molar-refractivity contribution in [3.63, 3.8) is 0 Å². The van der Waals surface area contributed by atoms with Crippen molar-refractivity contribution in [2.45, 2.75) is 13.3 Å². The number of nitrogens with zero attached hydrogens (tertiary/aromatic N) is 1. The van der Waals surface area contributed by atoms with Gasteiger partial charge in [-0.3, -0.25) is 0 Å². The Kier molecular flexibility index (Phi) is 2.22. The molecule has 0 spiro atoms. The Bertz CT molecular complexity index is 766. The molecule has 0 aliphatic carbocycles. The smallest absolute Gasteiger partial charge is 0.323 e. The lowest BCUT2D eigenvalue weighted by Gasteiger charge is -1.98. The number of hydrogen-bond donors (Lipinski definition) is 3. The molecule has 2 aromatic heterocycles. The summed E-state index contributed by atoms with van der Waals surface area (Å²) in [6, 6.07) is 5.71. The van der Waals surface area contributed by atoms with E-state index in [2.05, 4.69) is 15.0 Å². The molecule has 92 valence electrons. The van der Waals surface area contributed by atoms with Crippen molar-refractivity contribution in [1.29, 1.82) is 0 Å². The molecular weight excluding hydrogens is 232 g/mol. The van der Waals surface area contributed by atoms with E-state index >= 15 is 0 Å². The van der Waals surface area contributed by atoms with Crippen LogP contribution in [-0.2, 0) is 6.42 Å². The zero-order chi connectivity index (χ0) is 12.7. The van der Waals surface area contributed by atoms with Gasteiger partial charge >= 0.3 is 5.69 Å². The number of aromatic amines is 2. The van der Waals surface area contributed by atoms with Crippen LogP contribution in [0.25, 0.3) is 22.3 Å². The molecular formula is C12H12N4O2. The average molecular weight is 244 g/mol. The van der Waals surface area contributed by atoms with Gasteiger partial charge in [0.25, 0.3) is 6.01 Å². The highest BCUT2D eigenvalue weighted by Gasteiger charge is 2.12. The summed E-state index contributed by atoms with van der Waals surface area (Å²) in [5.74, 6) is 0.740. The number of nitrogen functional groups attached to an aromatic ring is 1. The number of oxazole rings is 1. The van der Waals surface area contributed by atoms with Crippen molar-refractivity contribution in [3.05, 3.63) is 34.4 Å². The molecule has 2 heterocycles. The quantitative estimate of drug-likeness (QED) is 0.638. The second-order valence-corrected chi connectivity index (χ2v) is 4.02. The number of aromatic nitrogens is 3. The largest absolute Gasteiger partial charge is 0.428 e. The third-order valence-corrected chi connectivity index (χ3v) is 2.82. The molecule has 0 saturated heterocycles. The van der Waals surface area contributed by atoms with E-state index in [4.69, 9.17) is 10.2 Å². The van der Waals surface area contributed by atoms with Gasteiger partial charge in [0, 0.05) is 12.0 Å². The standard InChI is InChI=1S/C12H12N4O2/c1-2-9-10(16-11(13)18-9)6-3-4-7-8(5-6)15-12(17)14-7/h3-5H,2H2,1H3,(H2,13,16)(H2,14,15,17). The van der Waals surface area contributed by atoms with Crippen molar-refractivity contribution >= 4 is 17.0 Å². The lowest BCUT2D eigenvalue weighted by atomic mass is 10.1. The number of aryl methyl sites for hydroxylation is 1. The van der Waals surface area contributed by atoms with E-state index in [9.17, 15) is 4.79 Å². The van der Waals surface area contributed by atoms with Gasteiger partial charge in [-0.2, -0.15) is 4.98 Å². The highest BCUT2D eigenvalue weighted by atomic mass is 16.4. The molecule has 18 heavy (non-hydrogen) atoms. The summed E-state index contributed by atoms with van der Waals surface area (Å²) in [6.45, 7) is 1.97. The Balaban J connectivity index is 2.21. The number of fused-ring (bicyclic) bond motifs is 1. The molecule has 0 unspecified atom stereocenters. The highest BCUT2D eigenvalue weighted by molar-refractivity contribution is 5.81. The van der Waals surface area contributed by atoms with Crippen LogP contribution in [0.4, 0.5) is 6.01 Å². The SMILES string of the molecule is CCc1oc(N)nc1-c1ccc2[nH]c(=O)[nH]c2c1. The molecule has 0 bridgehead atoms. The lowest BCUT2D eigenvalue weighted by Crippen LogP contribution is -1.99. The molecule has 4 N–H and O–H groups in total. The predicted octanol–water partition coefficient (Wildman–Crippen LogP) is 1.66. The monoisotopic (exact) mass is 244 g/mol. The van der Waals surface area contributed by atoms with Crippen LogP contribution in [0, 0.1) is 0 Å². The van der Waals surface area contributed by atoms with Crippen LogP contribution in [-0.4, -0.2) is 15.0 Å². The summed E-state index contributed by atoms with van der Waals surface area (Å²) in [6.07, 6.45) is 0.710. The van der Waals surface area contributed by atoms with Crippen LogP contribution >= 0.6 is 0 Å². The first kappa shape index (κ1) is 10.6. The van der Waals surface area contributed by atoms with Crippen LogP contribution < -0.4 is 11.4 Å². The van der Waals surface area contributed by atoms with Gasteiger partial charge in [0.2, 0.25) is 0 Å². The van der Waals surface area contributed by atoms with Gasteiger partial charge in [0.15, 0.2) is 0 Å². The van der Waals surface area contributed by atoms with E-state index in [1.54, 1.807) is 0 Å². The predicted molar refractivity (Wildman–Crippen MR) is 68.2 cm³/mol. The first-order valence-electron chi connectivity index (χ1n) is 5.65. The minimum Gasteiger partial charge on any atom is -0.428 e. The second-order valence-electron chi connectivity index (χ2n) is 4.02. The van der Waals surface area contributed by atoms with Gasteiger partial charge in [0.1, 0.15) is 11.5 Å². The highest BCUT2D eigenvalue weighted by Crippen LogP contribution is 2.27. The van der Waals surface area contributed by atoms with Crippen LogP contribution in [0.2, 0.25) is 0 Å². The number of benzene rings is 1. The molecule has 0 atom stereocenters. The molecule has 6 heteroatoms. The number of imidazole rings is 1. The molecule has 0 aliphatic rings. The zero-order valence-corrected chi connectivity index (χ0v) is 9.78. The third-order valence-electron chi connectivity index (χ3n) is 2.82. The summed E-state index contributed by atoms with van der Waals surface area (Å²) >= 11 is 0. The van der Waals surface area contributed by atoms with Gasteiger partial charge < -0.3 is 20.1 Å². The first-order chi connectivity index (χ1) is 8.67. The molecule has 0 fully saturated rings. The van der Waals surface area contributed by atoms with E-state index in [0.29, 0.717) is 6.42 Å². The van der Waals surface area contributed by atoms with Crippen molar-refractivity contribution in [1.82, 2.24) is 15.0 Å². The van der Waals surface area contributed by atoms with E-state index in [0.717, 1.165) is 28.1 Å². The van der Waals surface area contributed by atoms with Gasteiger partial charge in [-0.25, -0.2) is 4.79 Å². The molecule has 3 rings (SSSR count). The molecule has 0 aliphatic heterocycles. The fraction of sp³-hybridized carbons (Fsp3) is 0.167. The molecule has 0 radical (unpaired) electrons. The summed E-state index contributed by atoms with van der Waals surface area (Å²) in [4.78, 5) is 20.8.